The number of benzene rings is 2. The van der Waals surface area contributed by atoms with Gasteiger partial charge in [-0.15, -0.1) is 11.8 Å². The van der Waals surface area contributed by atoms with Gasteiger partial charge in [-0.2, -0.15) is 13.2 Å². The molecule has 1 N–H and O–H groups in total. The van der Waals surface area contributed by atoms with E-state index in [-0.39, 0.29) is 5.56 Å². The van der Waals surface area contributed by atoms with E-state index in [1.165, 1.54) is 23.9 Å². The van der Waals surface area contributed by atoms with Gasteiger partial charge in [-0.3, -0.25) is 9.78 Å². The summed E-state index contributed by atoms with van der Waals surface area (Å²) in [4.78, 5) is 16.7. The van der Waals surface area contributed by atoms with E-state index < -0.39 is 22.5 Å². The van der Waals surface area contributed by atoms with Gasteiger partial charge in [0.05, 0.1) is 11.1 Å². The summed E-state index contributed by atoms with van der Waals surface area (Å²) in [6.07, 6.45) is -0.854. The van der Waals surface area contributed by atoms with Crippen LogP contribution in [0, 0.1) is 0 Å². The number of halogens is 3. The van der Waals surface area contributed by atoms with Gasteiger partial charge in [0.1, 0.15) is 4.75 Å². The maximum Gasteiger partial charge on any atom is 0.417 e. The van der Waals surface area contributed by atoms with Crippen molar-refractivity contribution < 1.29 is 23.1 Å². The Labute approximate surface area is 163 Å². The van der Waals surface area contributed by atoms with E-state index >= 15 is 0 Å². The minimum atomic E-state index is -4.46. The number of aliphatic carboxylic acids is 1. The lowest BCUT2D eigenvalue weighted by Crippen LogP contribution is -2.41. The Morgan fingerprint density at radius 2 is 1.86 bits per heavy atom. The van der Waals surface area contributed by atoms with Gasteiger partial charge in [-0.1, -0.05) is 24.3 Å². The highest BCUT2D eigenvalue weighted by molar-refractivity contribution is 8.01. The van der Waals surface area contributed by atoms with Crippen LogP contribution in [0.5, 0.6) is 0 Å². The normalized spacial score (nSPS) is 16.0. The maximum absolute atomic E-state index is 13.4. The van der Waals surface area contributed by atoms with Crippen molar-refractivity contribution in [1.82, 2.24) is 4.98 Å². The zero-order valence-corrected chi connectivity index (χ0v) is 15.5. The largest absolute Gasteiger partial charge is 0.480 e. The Morgan fingerprint density at radius 1 is 1.11 bits per heavy atom. The average Bonchev–Trinajstić information content (AvgIpc) is 2.63. The lowest BCUT2D eigenvalue weighted by atomic mass is 9.84. The van der Waals surface area contributed by atoms with Crippen LogP contribution in [-0.4, -0.2) is 20.8 Å². The summed E-state index contributed by atoms with van der Waals surface area (Å²) < 4.78 is 39.4. The molecule has 0 atom stereocenters. The monoisotopic (exact) mass is 403 g/mol. The summed E-state index contributed by atoms with van der Waals surface area (Å²) in [5.41, 5.74) is 0.438. The topological polar surface area (TPSA) is 50.2 Å². The smallest absolute Gasteiger partial charge is 0.417 e. The number of thioether (sulfide) groups is 1. The molecule has 3 aromatic rings. The first kappa shape index (κ1) is 18.8. The van der Waals surface area contributed by atoms with Crippen LogP contribution in [0.1, 0.15) is 24.8 Å². The Bertz CT molecular complexity index is 1060. The number of rotatable bonds is 4. The number of alkyl halides is 3. The highest BCUT2D eigenvalue weighted by Crippen LogP contribution is 2.49. The highest BCUT2D eigenvalue weighted by Gasteiger charge is 2.45. The van der Waals surface area contributed by atoms with Crippen LogP contribution in [0.4, 0.5) is 13.2 Å². The second-order valence-electron chi connectivity index (χ2n) is 6.84. The minimum Gasteiger partial charge on any atom is -0.480 e. The molecular weight excluding hydrogens is 387 g/mol. The van der Waals surface area contributed by atoms with E-state index in [1.807, 2.05) is 0 Å². The van der Waals surface area contributed by atoms with Crippen molar-refractivity contribution in [2.45, 2.75) is 35.1 Å². The number of carboxylic acid groups (broad SMARTS) is 1. The number of pyridine rings is 1. The van der Waals surface area contributed by atoms with Gasteiger partial charge in [-0.25, -0.2) is 0 Å². The molecule has 1 aromatic heterocycles. The third kappa shape index (κ3) is 3.24. The highest BCUT2D eigenvalue weighted by atomic mass is 32.2. The molecule has 1 heterocycles. The van der Waals surface area contributed by atoms with Gasteiger partial charge in [0, 0.05) is 16.5 Å². The molecule has 144 valence electrons. The summed E-state index contributed by atoms with van der Waals surface area (Å²) in [6.45, 7) is 0. The minimum absolute atomic E-state index is 0.0910. The molecule has 1 aliphatic carbocycles. The molecule has 4 rings (SSSR count). The number of hydrogen-bond acceptors (Lipinski definition) is 3. The van der Waals surface area contributed by atoms with Crippen LogP contribution < -0.4 is 0 Å². The zero-order chi connectivity index (χ0) is 19.9. The van der Waals surface area contributed by atoms with Crippen LogP contribution in [0.25, 0.3) is 22.0 Å². The molecule has 0 amide bonds. The summed E-state index contributed by atoms with van der Waals surface area (Å²) >= 11 is 1.27. The van der Waals surface area contributed by atoms with Crippen molar-refractivity contribution in [3.05, 3.63) is 60.3 Å². The molecule has 7 heteroatoms. The van der Waals surface area contributed by atoms with E-state index in [2.05, 4.69) is 4.98 Å². The van der Waals surface area contributed by atoms with Crippen LogP contribution in [-0.2, 0) is 11.0 Å². The third-order valence-electron chi connectivity index (χ3n) is 5.10. The molecule has 1 aliphatic rings. The van der Waals surface area contributed by atoms with Crippen LogP contribution in [0.3, 0.4) is 0 Å². The number of nitrogens with zero attached hydrogens (tertiary/aromatic N) is 1. The Balaban J connectivity index is 1.83. The van der Waals surface area contributed by atoms with E-state index in [0.29, 0.717) is 29.3 Å². The lowest BCUT2D eigenvalue weighted by Gasteiger charge is -2.37. The lowest BCUT2D eigenvalue weighted by molar-refractivity contribution is -0.142. The molecule has 3 nitrogen and oxygen atoms in total. The second kappa shape index (κ2) is 6.81. The molecule has 1 fully saturated rings. The Kier molecular flexibility index (Phi) is 4.57. The first-order valence-electron chi connectivity index (χ1n) is 8.78. The molecule has 0 bridgehead atoms. The zero-order valence-electron chi connectivity index (χ0n) is 14.7. The molecule has 0 unspecified atom stereocenters. The van der Waals surface area contributed by atoms with E-state index in [1.54, 1.807) is 36.5 Å². The molecule has 0 aliphatic heterocycles. The first-order chi connectivity index (χ1) is 13.3. The van der Waals surface area contributed by atoms with Gasteiger partial charge < -0.3 is 5.11 Å². The molecule has 0 spiro atoms. The van der Waals surface area contributed by atoms with Crippen molar-refractivity contribution in [3.63, 3.8) is 0 Å². The Hall–Kier alpha value is -2.54. The van der Waals surface area contributed by atoms with Gasteiger partial charge in [0.15, 0.2) is 0 Å². The van der Waals surface area contributed by atoms with Crippen LogP contribution >= 0.6 is 11.8 Å². The molecule has 0 radical (unpaired) electrons. The summed E-state index contributed by atoms with van der Waals surface area (Å²) in [7, 11) is 0. The number of fused-ring (bicyclic) bond motifs is 1. The van der Waals surface area contributed by atoms with Crippen molar-refractivity contribution in [3.8, 4) is 11.1 Å². The number of carboxylic acids is 1. The molecular formula is C21H16F3NO2S. The van der Waals surface area contributed by atoms with Crippen molar-refractivity contribution >= 4 is 28.6 Å². The fourth-order valence-electron chi connectivity index (χ4n) is 3.43. The maximum atomic E-state index is 13.4. The first-order valence-corrected chi connectivity index (χ1v) is 9.60. The average molecular weight is 403 g/mol. The number of hydrogen-bond donors (Lipinski definition) is 1. The summed E-state index contributed by atoms with van der Waals surface area (Å²) in [5.74, 6) is -0.854. The standard InChI is InChI=1S/C21H16F3NO2S/c22-21(23,24)16-5-2-1-4-14(16)13-6-7-17-15(12-13)18(8-11-25-17)28-20(19(26)27)9-3-10-20/h1-2,4-8,11-12H,3,9-10H2,(H,26,27). The predicted molar refractivity (Wildman–Crippen MR) is 102 cm³/mol. The summed E-state index contributed by atoms with van der Waals surface area (Å²) in [6, 6.07) is 12.1. The SMILES string of the molecule is O=C(O)C1(Sc2ccnc3ccc(-c4ccccc4C(F)(F)F)cc23)CCC1. The second-order valence-corrected chi connectivity index (χ2v) is 8.26. The van der Waals surface area contributed by atoms with E-state index in [4.69, 9.17) is 0 Å². The number of aromatic nitrogens is 1. The fourth-order valence-corrected chi connectivity index (χ4v) is 4.83. The van der Waals surface area contributed by atoms with Gasteiger partial charge in [0.2, 0.25) is 0 Å². The number of carbonyl (C=O) groups is 1. The van der Waals surface area contributed by atoms with Crippen molar-refractivity contribution in [1.29, 1.82) is 0 Å². The van der Waals surface area contributed by atoms with Crippen molar-refractivity contribution in [2.75, 3.05) is 0 Å². The Morgan fingerprint density at radius 3 is 2.50 bits per heavy atom. The van der Waals surface area contributed by atoms with Crippen LogP contribution in [0.2, 0.25) is 0 Å². The summed E-state index contributed by atoms with van der Waals surface area (Å²) in [5, 5.41) is 10.3. The van der Waals surface area contributed by atoms with Crippen molar-refractivity contribution in [2.24, 2.45) is 0 Å². The molecule has 0 saturated heterocycles. The quantitative estimate of drug-likeness (QED) is 0.579. The van der Waals surface area contributed by atoms with E-state index in [9.17, 15) is 23.1 Å². The molecule has 1 saturated carbocycles. The van der Waals surface area contributed by atoms with Crippen LogP contribution in [0.15, 0.2) is 59.6 Å². The molecule has 2 aromatic carbocycles. The van der Waals surface area contributed by atoms with Gasteiger partial charge in [0.25, 0.3) is 0 Å². The van der Waals surface area contributed by atoms with E-state index in [0.717, 1.165) is 17.4 Å². The van der Waals surface area contributed by atoms with Gasteiger partial charge >= 0.3 is 12.1 Å². The molecule has 28 heavy (non-hydrogen) atoms. The third-order valence-corrected chi connectivity index (χ3v) is 6.65. The fraction of sp³-hybridized carbons (Fsp3) is 0.238. The predicted octanol–water partition coefficient (Wildman–Crippen LogP) is 6.02. The van der Waals surface area contributed by atoms with Gasteiger partial charge in [-0.05, 0) is 54.7 Å².